The molecule has 5 nitrogen and oxygen atoms in total. The third kappa shape index (κ3) is 1.40. The first kappa shape index (κ1) is 8.99. The Bertz CT molecular complexity index is 204. The molecule has 1 saturated heterocycles. The molecule has 0 spiro atoms. The van der Waals surface area contributed by atoms with E-state index in [9.17, 15) is 9.59 Å². The van der Waals surface area contributed by atoms with Crippen LogP contribution < -0.4 is 5.32 Å². The zero-order chi connectivity index (χ0) is 9.14. The van der Waals surface area contributed by atoms with Gasteiger partial charge in [-0.05, 0) is 6.92 Å². The van der Waals surface area contributed by atoms with Crippen LogP contribution in [-0.4, -0.2) is 37.7 Å². The maximum absolute atomic E-state index is 11.0. The third-order valence-electron chi connectivity index (χ3n) is 1.65. The molecular formula is C7H11NO4. The number of hydrogen-bond donors (Lipinski definition) is 1. The summed E-state index contributed by atoms with van der Waals surface area (Å²) in [6.07, 6.45) is -0.677. The maximum Gasteiger partial charge on any atom is 0.331 e. The van der Waals surface area contributed by atoms with Crippen LogP contribution in [0, 0.1) is 0 Å². The number of nitrogens with one attached hydrogen (secondary N) is 1. The summed E-state index contributed by atoms with van der Waals surface area (Å²) in [5, 5.41) is 2.39. The Morgan fingerprint density at radius 2 is 2.33 bits per heavy atom. The smallest absolute Gasteiger partial charge is 0.331 e. The minimum Gasteiger partial charge on any atom is -0.464 e. The predicted octanol–water partition coefficient (Wildman–Crippen LogP) is -0.937. The topological polar surface area (TPSA) is 64.6 Å². The van der Waals surface area contributed by atoms with Crippen molar-refractivity contribution in [3.05, 3.63) is 0 Å². The lowest BCUT2D eigenvalue weighted by Gasteiger charge is -2.33. The summed E-state index contributed by atoms with van der Waals surface area (Å²) in [4.78, 5) is 21.8. The van der Waals surface area contributed by atoms with Gasteiger partial charge in [-0.15, -0.1) is 0 Å². The second kappa shape index (κ2) is 3.53. The normalized spacial score (nSPS) is 27.3. The Balaban J connectivity index is 2.44. The number of carbonyl (C=O) groups excluding carboxylic acids is 2. The van der Waals surface area contributed by atoms with Crippen molar-refractivity contribution in [2.75, 3.05) is 13.7 Å². The van der Waals surface area contributed by atoms with Gasteiger partial charge in [0, 0.05) is 7.11 Å². The molecular weight excluding hydrogens is 162 g/mol. The molecule has 1 amide bonds. The summed E-state index contributed by atoms with van der Waals surface area (Å²) >= 11 is 0. The fraction of sp³-hybridized carbons (Fsp3) is 0.714. The van der Waals surface area contributed by atoms with Crippen molar-refractivity contribution in [3.8, 4) is 0 Å². The van der Waals surface area contributed by atoms with E-state index in [-0.39, 0.29) is 5.91 Å². The van der Waals surface area contributed by atoms with Crippen LogP contribution in [0.25, 0.3) is 0 Å². The minimum atomic E-state index is -0.677. The van der Waals surface area contributed by atoms with Crippen LogP contribution in [0.5, 0.6) is 0 Å². The van der Waals surface area contributed by atoms with E-state index in [0.717, 1.165) is 0 Å². The highest BCUT2D eigenvalue weighted by Crippen LogP contribution is 2.10. The summed E-state index contributed by atoms with van der Waals surface area (Å²) < 4.78 is 9.46. The summed E-state index contributed by atoms with van der Waals surface area (Å²) in [6, 6.07) is -0.623. The number of hydrogen-bond acceptors (Lipinski definition) is 4. The van der Waals surface area contributed by atoms with Crippen molar-refractivity contribution in [1.82, 2.24) is 5.32 Å². The Hall–Kier alpha value is -1.10. The van der Waals surface area contributed by atoms with E-state index in [0.29, 0.717) is 6.61 Å². The Morgan fingerprint density at radius 1 is 1.67 bits per heavy atom. The van der Waals surface area contributed by atoms with Gasteiger partial charge < -0.3 is 14.8 Å². The molecule has 1 fully saturated rings. The van der Waals surface area contributed by atoms with E-state index in [4.69, 9.17) is 9.47 Å². The Labute approximate surface area is 70.0 Å². The van der Waals surface area contributed by atoms with Crippen molar-refractivity contribution in [3.63, 3.8) is 0 Å². The number of esters is 1. The molecule has 1 aliphatic heterocycles. The van der Waals surface area contributed by atoms with Crippen LogP contribution in [-0.2, 0) is 19.1 Å². The van der Waals surface area contributed by atoms with Gasteiger partial charge in [0.1, 0.15) is 0 Å². The molecule has 12 heavy (non-hydrogen) atoms. The quantitative estimate of drug-likeness (QED) is 0.442. The largest absolute Gasteiger partial charge is 0.464 e. The monoisotopic (exact) mass is 173 g/mol. The van der Waals surface area contributed by atoms with Crippen molar-refractivity contribution in [2.45, 2.75) is 19.1 Å². The second-order valence-corrected chi connectivity index (χ2v) is 2.39. The molecule has 2 atom stereocenters. The number of amides is 1. The van der Waals surface area contributed by atoms with E-state index in [2.05, 4.69) is 5.32 Å². The van der Waals surface area contributed by atoms with Crippen LogP contribution >= 0.6 is 0 Å². The Morgan fingerprint density at radius 3 is 2.75 bits per heavy atom. The van der Waals surface area contributed by atoms with Crippen molar-refractivity contribution in [2.24, 2.45) is 0 Å². The summed E-state index contributed by atoms with van der Waals surface area (Å²) in [7, 11) is 1.38. The zero-order valence-corrected chi connectivity index (χ0v) is 6.99. The first-order valence-corrected chi connectivity index (χ1v) is 3.70. The number of rotatable bonds is 3. The van der Waals surface area contributed by atoms with Gasteiger partial charge in [0.05, 0.1) is 6.61 Å². The predicted molar refractivity (Wildman–Crippen MR) is 39.4 cm³/mol. The number of methoxy groups -OCH3 is 1. The van der Waals surface area contributed by atoms with Crippen LogP contribution in [0.15, 0.2) is 0 Å². The van der Waals surface area contributed by atoms with Gasteiger partial charge in [-0.3, -0.25) is 4.79 Å². The molecule has 0 aromatic rings. The molecule has 0 bridgehead atoms. The third-order valence-corrected chi connectivity index (χ3v) is 1.65. The summed E-state index contributed by atoms with van der Waals surface area (Å²) in [5.41, 5.74) is 0. The van der Waals surface area contributed by atoms with Gasteiger partial charge in [-0.25, -0.2) is 4.79 Å². The highest BCUT2D eigenvalue weighted by Gasteiger charge is 2.45. The molecule has 1 N–H and O–H groups in total. The van der Waals surface area contributed by atoms with E-state index < -0.39 is 18.1 Å². The fourth-order valence-corrected chi connectivity index (χ4v) is 1.02. The van der Waals surface area contributed by atoms with Crippen molar-refractivity contribution in [1.29, 1.82) is 0 Å². The average Bonchev–Trinajstić information content (AvgIpc) is 2.01. The van der Waals surface area contributed by atoms with Gasteiger partial charge in [-0.1, -0.05) is 0 Å². The lowest BCUT2D eigenvalue weighted by Crippen LogP contribution is -2.66. The Kier molecular flexibility index (Phi) is 2.65. The van der Waals surface area contributed by atoms with E-state index in [1.807, 2.05) is 0 Å². The highest BCUT2D eigenvalue weighted by atomic mass is 16.5. The van der Waals surface area contributed by atoms with E-state index in [1.54, 1.807) is 6.92 Å². The lowest BCUT2D eigenvalue weighted by molar-refractivity contribution is -0.164. The van der Waals surface area contributed by atoms with Gasteiger partial charge in [0.25, 0.3) is 5.91 Å². The molecule has 0 aromatic heterocycles. The molecule has 0 aromatic carbocycles. The molecule has 1 heterocycles. The minimum absolute atomic E-state index is 0.268. The average molecular weight is 173 g/mol. The molecule has 0 radical (unpaired) electrons. The first-order chi connectivity index (χ1) is 5.70. The van der Waals surface area contributed by atoms with Crippen molar-refractivity contribution < 1.29 is 19.1 Å². The fourth-order valence-electron chi connectivity index (χ4n) is 1.02. The summed E-state index contributed by atoms with van der Waals surface area (Å²) in [6.45, 7) is 2.02. The molecule has 0 saturated carbocycles. The van der Waals surface area contributed by atoms with Gasteiger partial charge >= 0.3 is 5.97 Å². The lowest BCUT2D eigenvalue weighted by atomic mass is 10.0. The summed E-state index contributed by atoms with van der Waals surface area (Å²) in [5.74, 6) is -0.709. The standard InChI is InChI=1S/C7H11NO4/c1-3-12-7(10)4-5(11-2)6(9)8-4/h4-5H,3H2,1-2H3,(H,8,9)/t4-,5+/m0/s1. The molecule has 5 heteroatoms. The maximum atomic E-state index is 11.0. The SMILES string of the molecule is CCOC(=O)[C@H]1NC(=O)[C@@H]1OC. The van der Waals surface area contributed by atoms with Crippen molar-refractivity contribution >= 4 is 11.9 Å². The molecule has 0 aliphatic carbocycles. The van der Waals surface area contributed by atoms with Gasteiger partial charge in [0.2, 0.25) is 0 Å². The molecule has 1 rings (SSSR count). The van der Waals surface area contributed by atoms with Crippen LogP contribution in [0.2, 0.25) is 0 Å². The van der Waals surface area contributed by atoms with Gasteiger partial charge in [-0.2, -0.15) is 0 Å². The number of ether oxygens (including phenoxy) is 2. The van der Waals surface area contributed by atoms with Crippen LogP contribution in [0.3, 0.4) is 0 Å². The highest BCUT2D eigenvalue weighted by molar-refractivity contribution is 5.99. The first-order valence-electron chi connectivity index (χ1n) is 3.70. The molecule has 1 aliphatic rings. The van der Waals surface area contributed by atoms with Crippen LogP contribution in [0.4, 0.5) is 0 Å². The molecule has 68 valence electrons. The second-order valence-electron chi connectivity index (χ2n) is 2.39. The molecule has 0 unspecified atom stereocenters. The zero-order valence-electron chi connectivity index (χ0n) is 6.99. The van der Waals surface area contributed by atoms with E-state index in [1.165, 1.54) is 7.11 Å². The van der Waals surface area contributed by atoms with Gasteiger partial charge in [0.15, 0.2) is 12.1 Å². The number of β-lactam (4-membered cyclic amide) rings is 1. The van der Waals surface area contributed by atoms with E-state index >= 15 is 0 Å². The van der Waals surface area contributed by atoms with Crippen LogP contribution in [0.1, 0.15) is 6.92 Å². The number of carbonyl (C=O) groups is 2.